The first-order valence-corrected chi connectivity index (χ1v) is 6.71. The quantitative estimate of drug-likeness (QED) is 0.814. The lowest BCUT2D eigenvalue weighted by Crippen LogP contribution is -2.31. The van der Waals surface area contributed by atoms with Crippen LogP contribution in [0.1, 0.15) is 48.8 Å². The molecule has 0 aliphatic heterocycles. The Hall–Kier alpha value is -1.56. The Bertz CT molecular complexity index is 451. The topological polar surface area (TPSA) is 84.2 Å². The summed E-state index contributed by atoms with van der Waals surface area (Å²) in [7, 11) is 1.73. The van der Waals surface area contributed by atoms with Crippen LogP contribution in [0, 0.1) is 0 Å². The van der Waals surface area contributed by atoms with Gasteiger partial charge in [0.2, 0.25) is 0 Å². The van der Waals surface area contributed by atoms with Crippen LogP contribution < -0.4 is 5.73 Å². The van der Waals surface area contributed by atoms with Crippen LogP contribution in [-0.4, -0.2) is 47.3 Å². The summed E-state index contributed by atoms with van der Waals surface area (Å²) in [5.41, 5.74) is 7.73. The Morgan fingerprint density at radius 3 is 2.84 bits per heavy atom. The van der Waals surface area contributed by atoms with E-state index in [4.69, 9.17) is 10.5 Å². The van der Waals surface area contributed by atoms with Crippen LogP contribution in [0.5, 0.6) is 0 Å². The van der Waals surface area contributed by atoms with Crippen molar-refractivity contribution in [3.8, 4) is 0 Å². The highest BCUT2D eigenvalue weighted by atomic mass is 16.5. The van der Waals surface area contributed by atoms with Gasteiger partial charge in [-0.15, -0.1) is 0 Å². The second-order valence-electron chi connectivity index (χ2n) is 5.32. The van der Waals surface area contributed by atoms with Crippen molar-refractivity contribution in [2.75, 3.05) is 25.9 Å². The summed E-state index contributed by atoms with van der Waals surface area (Å²) in [6, 6.07) is 0. The van der Waals surface area contributed by atoms with E-state index in [0.717, 1.165) is 18.5 Å². The second-order valence-corrected chi connectivity index (χ2v) is 5.32. The third-order valence-corrected chi connectivity index (χ3v) is 3.25. The molecule has 0 aromatic carbocycles. The lowest BCUT2D eigenvalue weighted by Gasteiger charge is -2.17. The van der Waals surface area contributed by atoms with Crippen molar-refractivity contribution >= 4 is 11.6 Å². The fourth-order valence-electron chi connectivity index (χ4n) is 1.92. The molecule has 1 saturated carbocycles. The summed E-state index contributed by atoms with van der Waals surface area (Å²) in [6.45, 7) is 4.98. The zero-order valence-corrected chi connectivity index (χ0v) is 11.8. The molecule has 1 aromatic rings. The van der Waals surface area contributed by atoms with Gasteiger partial charge in [0.25, 0.3) is 5.91 Å². The van der Waals surface area contributed by atoms with E-state index in [1.165, 1.54) is 0 Å². The van der Waals surface area contributed by atoms with Crippen LogP contribution in [0.2, 0.25) is 0 Å². The highest BCUT2D eigenvalue weighted by molar-refractivity contribution is 5.97. The smallest absolute Gasteiger partial charge is 0.276 e. The van der Waals surface area contributed by atoms with Crippen molar-refractivity contribution in [1.82, 2.24) is 15.1 Å². The maximum Gasteiger partial charge on any atom is 0.276 e. The average Bonchev–Trinajstić information content (AvgIpc) is 3.11. The summed E-state index contributed by atoms with van der Waals surface area (Å²) < 4.78 is 5.43. The minimum Gasteiger partial charge on any atom is -0.395 e. The summed E-state index contributed by atoms with van der Waals surface area (Å²) in [6.07, 6.45) is 2.41. The molecule has 1 aliphatic carbocycles. The number of hydrogen-bond acceptors (Lipinski definition) is 4. The predicted octanol–water partition coefficient (Wildman–Crippen LogP) is 1.37. The number of amides is 1. The monoisotopic (exact) mass is 266 g/mol. The fraction of sp³-hybridized carbons (Fsp3) is 0.692. The van der Waals surface area contributed by atoms with E-state index >= 15 is 0 Å². The summed E-state index contributed by atoms with van der Waals surface area (Å²) in [4.78, 5) is 13.8. The molecule has 0 atom stereocenters. The largest absolute Gasteiger partial charge is 0.395 e. The number of ether oxygens (including phenoxy) is 1. The molecule has 6 heteroatoms. The van der Waals surface area contributed by atoms with Crippen molar-refractivity contribution in [2.45, 2.75) is 38.7 Å². The molecule has 1 aromatic heterocycles. The predicted molar refractivity (Wildman–Crippen MR) is 73.0 cm³/mol. The van der Waals surface area contributed by atoms with Crippen molar-refractivity contribution in [2.24, 2.45) is 0 Å². The molecular formula is C13H22N4O2. The molecule has 6 nitrogen and oxygen atoms in total. The van der Waals surface area contributed by atoms with Crippen molar-refractivity contribution < 1.29 is 9.53 Å². The Morgan fingerprint density at radius 1 is 1.58 bits per heavy atom. The maximum absolute atomic E-state index is 12.2. The molecule has 1 fully saturated rings. The summed E-state index contributed by atoms with van der Waals surface area (Å²) >= 11 is 0. The van der Waals surface area contributed by atoms with Gasteiger partial charge in [0.15, 0.2) is 5.69 Å². The van der Waals surface area contributed by atoms with Crippen molar-refractivity contribution in [1.29, 1.82) is 0 Å². The number of likely N-dealkylation sites (N-methyl/N-ethyl adjacent to an activating group) is 1. The number of aromatic amines is 1. The number of nitrogens with zero attached hydrogens (tertiary/aromatic N) is 2. The molecule has 1 amide bonds. The summed E-state index contributed by atoms with van der Waals surface area (Å²) in [5, 5.41) is 6.95. The van der Waals surface area contributed by atoms with E-state index in [-0.39, 0.29) is 12.0 Å². The van der Waals surface area contributed by atoms with Crippen LogP contribution in [0.25, 0.3) is 0 Å². The van der Waals surface area contributed by atoms with Crippen LogP contribution >= 0.6 is 0 Å². The zero-order chi connectivity index (χ0) is 14.0. The number of rotatable bonds is 6. The highest BCUT2D eigenvalue weighted by Crippen LogP contribution is 2.42. The van der Waals surface area contributed by atoms with Gasteiger partial charge in [0, 0.05) is 19.5 Å². The molecule has 19 heavy (non-hydrogen) atoms. The first-order chi connectivity index (χ1) is 9.00. The SMILES string of the molecule is CC(C)OCCN(C)C(=O)c1n[nH]c(C2CC2)c1N. The second kappa shape index (κ2) is 5.61. The van der Waals surface area contributed by atoms with Gasteiger partial charge in [0.1, 0.15) is 0 Å². The molecule has 106 valence electrons. The Kier molecular flexibility index (Phi) is 4.09. The number of H-pyrrole nitrogens is 1. The van der Waals surface area contributed by atoms with Crippen LogP contribution in [-0.2, 0) is 4.74 Å². The first-order valence-electron chi connectivity index (χ1n) is 6.71. The van der Waals surface area contributed by atoms with Gasteiger partial charge >= 0.3 is 0 Å². The fourth-order valence-corrected chi connectivity index (χ4v) is 1.92. The average molecular weight is 266 g/mol. The molecule has 1 aliphatic rings. The number of anilines is 1. The maximum atomic E-state index is 12.2. The van der Waals surface area contributed by atoms with Gasteiger partial charge in [-0.25, -0.2) is 0 Å². The lowest BCUT2D eigenvalue weighted by molar-refractivity contribution is 0.0529. The van der Waals surface area contributed by atoms with Crippen molar-refractivity contribution in [3.63, 3.8) is 0 Å². The molecule has 0 unspecified atom stereocenters. The van der Waals surface area contributed by atoms with Gasteiger partial charge in [-0.2, -0.15) is 5.10 Å². The molecule has 2 rings (SSSR count). The Labute approximate surface area is 113 Å². The van der Waals surface area contributed by atoms with Gasteiger partial charge in [-0.05, 0) is 26.7 Å². The van der Waals surface area contributed by atoms with Crippen LogP contribution in [0.4, 0.5) is 5.69 Å². The number of nitrogens with one attached hydrogen (secondary N) is 1. The number of carbonyl (C=O) groups excluding carboxylic acids is 1. The number of aromatic nitrogens is 2. The number of carbonyl (C=O) groups is 1. The van der Waals surface area contributed by atoms with Crippen LogP contribution in [0.15, 0.2) is 0 Å². The van der Waals surface area contributed by atoms with E-state index < -0.39 is 0 Å². The third-order valence-electron chi connectivity index (χ3n) is 3.25. The van der Waals surface area contributed by atoms with Gasteiger partial charge in [-0.1, -0.05) is 0 Å². The molecule has 0 saturated heterocycles. The van der Waals surface area contributed by atoms with Gasteiger partial charge in [0.05, 0.1) is 24.1 Å². The minimum absolute atomic E-state index is 0.159. The normalized spacial score (nSPS) is 14.9. The Morgan fingerprint density at radius 2 is 2.26 bits per heavy atom. The lowest BCUT2D eigenvalue weighted by atomic mass is 10.2. The molecule has 0 spiro atoms. The Balaban J connectivity index is 1.94. The van der Waals surface area contributed by atoms with Crippen LogP contribution in [0.3, 0.4) is 0 Å². The molecule has 0 bridgehead atoms. The number of nitrogen functional groups attached to an aromatic ring is 1. The third kappa shape index (κ3) is 3.26. The van der Waals surface area contributed by atoms with Crippen molar-refractivity contribution in [3.05, 3.63) is 11.4 Å². The molecule has 1 heterocycles. The first kappa shape index (κ1) is 13.9. The van der Waals surface area contributed by atoms with Gasteiger partial charge in [-0.3, -0.25) is 9.89 Å². The molecule has 3 N–H and O–H groups in total. The number of hydrogen-bond donors (Lipinski definition) is 2. The molecular weight excluding hydrogens is 244 g/mol. The van der Waals surface area contributed by atoms with E-state index in [1.54, 1.807) is 11.9 Å². The van der Waals surface area contributed by atoms with E-state index in [1.807, 2.05) is 13.8 Å². The minimum atomic E-state index is -0.159. The molecule has 0 radical (unpaired) electrons. The standard InChI is InChI=1S/C13H22N4O2/c1-8(2)19-7-6-17(3)13(18)12-10(14)11(15-16-12)9-4-5-9/h8-9H,4-7,14H2,1-3H3,(H,15,16). The zero-order valence-electron chi connectivity index (χ0n) is 11.8. The van der Waals surface area contributed by atoms with E-state index in [9.17, 15) is 4.79 Å². The van der Waals surface area contributed by atoms with E-state index in [0.29, 0.717) is 30.5 Å². The van der Waals surface area contributed by atoms with Gasteiger partial charge < -0.3 is 15.4 Å². The summed E-state index contributed by atoms with van der Waals surface area (Å²) in [5.74, 6) is 0.302. The highest BCUT2D eigenvalue weighted by Gasteiger charge is 2.30. The number of nitrogens with two attached hydrogens (primary N) is 1. The van der Waals surface area contributed by atoms with E-state index in [2.05, 4.69) is 10.2 Å².